The maximum absolute atomic E-state index is 5.71. The van der Waals surface area contributed by atoms with Gasteiger partial charge in [-0.3, -0.25) is 0 Å². The minimum absolute atomic E-state index is 0.647. The molecule has 1 heterocycles. The van der Waals surface area contributed by atoms with Gasteiger partial charge in [0.05, 0.1) is 0 Å². The van der Waals surface area contributed by atoms with Crippen LogP contribution >= 0.6 is 15.9 Å². The molecule has 2 rings (SSSR count). The van der Waals surface area contributed by atoms with Crippen LogP contribution in [0.15, 0.2) is 41.0 Å². The van der Waals surface area contributed by atoms with Crippen LogP contribution in [-0.2, 0) is 0 Å². The number of halogens is 1. The van der Waals surface area contributed by atoms with Gasteiger partial charge in [-0.25, -0.2) is 4.98 Å². The summed E-state index contributed by atoms with van der Waals surface area (Å²) in [6.45, 7) is 4.01. The Kier molecular flexibility index (Phi) is 3.25. The summed E-state index contributed by atoms with van der Waals surface area (Å²) in [5.41, 5.74) is 2.18. The molecule has 0 atom stereocenters. The molecular formula is C13H12BrNO. The molecule has 1 aromatic carbocycles. The number of hydrogen-bond acceptors (Lipinski definition) is 2. The van der Waals surface area contributed by atoms with Crippen molar-refractivity contribution in [1.82, 2.24) is 4.98 Å². The number of benzene rings is 1. The van der Waals surface area contributed by atoms with Crippen molar-refractivity contribution in [2.45, 2.75) is 13.8 Å². The molecule has 0 radical (unpaired) electrons. The van der Waals surface area contributed by atoms with Crippen molar-refractivity contribution in [2.24, 2.45) is 0 Å². The van der Waals surface area contributed by atoms with E-state index in [-0.39, 0.29) is 0 Å². The van der Waals surface area contributed by atoms with Gasteiger partial charge in [0.25, 0.3) is 0 Å². The van der Waals surface area contributed by atoms with E-state index in [1.54, 1.807) is 6.20 Å². The third-order valence-electron chi connectivity index (χ3n) is 2.20. The molecule has 3 heteroatoms. The number of ether oxygens (including phenoxy) is 1. The topological polar surface area (TPSA) is 22.1 Å². The summed E-state index contributed by atoms with van der Waals surface area (Å²) >= 11 is 3.38. The van der Waals surface area contributed by atoms with Crippen LogP contribution in [0.2, 0.25) is 0 Å². The highest BCUT2D eigenvalue weighted by molar-refractivity contribution is 9.10. The van der Waals surface area contributed by atoms with Gasteiger partial charge in [0.1, 0.15) is 5.75 Å². The fourth-order valence-electron chi connectivity index (χ4n) is 1.43. The summed E-state index contributed by atoms with van der Waals surface area (Å²) < 4.78 is 6.67. The molecule has 0 aliphatic carbocycles. The van der Waals surface area contributed by atoms with Gasteiger partial charge in [0.2, 0.25) is 5.88 Å². The quantitative estimate of drug-likeness (QED) is 0.819. The van der Waals surface area contributed by atoms with E-state index < -0.39 is 0 Å². The summed E-state index contributed by atoms with van der Waals surface area (Å²) in [4.78, 5) is 4.23. The standard InChI is InChI=1S/C13H12BrNO/c1-9-4-3-5-12(6-9)16-13-10(2)7-11(14)8-15-13/h3-8H,1-2H3. The molecule has 0 saturated carbocycles. The number of pyridine rings is 1. The second kappa shape index (κ2) is 4.66. The number of aromatic nitrogens is 1. The van der Waals surface area contributed by atoms with Crippen LogP contribution in [0.3, 0.4) is 0 Å². The smallest absolute Gasteiger partial charge is 0.222 e. The highest BCUT2D eigenvalue weighted by Gasteiger charge is 2.03. The molecule has 0 aliphatic heterocycles. The van der Waals surface area contributed by atoms with Crippen molar-refractivity contribution in [3.8, 4) is 11.6 Å². The average Bonchev–Trinajstić information content (AvgIpc) is 2.22. The third kappa shape index (κ3) is 2.61. The van der Waals surface area contributed by atoms with Crippen LogP contribution < -0.4 is 4.74 Å². The van der Waals surface area contributed by atoms with Crippen molar-refractivity contribution in [3.63, 3.8) is 0 Å². The maximum atomic E-state index is 5.71. The van der Waals surface area contributed by atoms with E-state index in [1.165, 1.54) is 5.56 Å². The van der Waals surface area contributed by atoms with Gasteiger partial charge in [0, 0.05) is 16.2 Å². The molecule has 0 saturated heterocycles. The van der Waals surface area contributed by atoms with E-state index in [2.05, 4.69) is 20.9 Å². The Labute approximate surface area is 103 Å². The Bertz CT molecular complexity index is 511. The van der Waals surface area contributed by atoms with Gasteiger partial charge < -0.3 is 4.74 Å². The van der Waals surface area contributed by atoms with Crippen molar-refractivity contribution in [2.75, 3.05) is 0 Å². The first-order valence-electron chi connectivity index (χ1n) is 5.02. The monoisotopic (exact) mass is 277 g/mol. The van der Waals surface area contributed by atoms with Gasteiger partial charge in [-0.15, -0.1) is 0 Å². The van der Waals surface area contributed by atoms with E-state index in [9.17, 15) is 0 Å². The molecule has 0 unspecified atom stereocenters. The summed E-state index contributed by atoms with van der Waals surface area (Å²) in [7, 11) is 0. The van der Waals surface area contributed by atoms with Gasteiger partial charge in [-0.2, -0.15) is 0 Å². The summed E-state index contributed by atoms with van der Waals surface area (Å²) in [5.74, 6) is 1.46. The van der Waals surface area contributed by atoms with Crippen LogP contribution in [0, 0.1) is 13.8 Å². The molecule has 16 heavy (non-hydrogen) atoms. The van der Waals surface area contributed by atoms with Crippen molar-refractivity contribution >= 4 is 15.9 Å². The van der Waals surface area contributed by atoms with Crippen molar-refractivity contribution in [3.05, 3.63) is 52.1 Å². The van der Waals surface area contributed by atoms with Crippen LogP contribution in [0.4, 0.5) is 0 Å². The van der Waals surface area contributed by atoms with E-state index in [0.29, 0.717) is 5.88 Å². The van der Waals surface area contributed by atoms with E-state index in [1.807, 2.05) is 44.2 Å². The first-order chi connectivity index (χ1) is 7.65. The summed E-state index contributed by atoms with van der Waals surface area (Å²) in [6, 6.07) is 9.91. The Balaban J connectivity index is 2.27. The Morgan fingerprint density at radius 3 is 2.69 bits per heavy atom. The molecule has 2 aromatic rings. The average molecular weight is 278 g/mol. The Hall–Kier alpha value is -1.35. The molecule has 0 N–H and O–H groups in total. The minimum atomic E-state index is 0.647. The lowest BCUT2D eigenvalue weighted by atomic mass is 10.2. The molecule has 0 spiro atoms. The lowest BCUT2D eigenvalue weighted by Crippen LogP contribution is -1.91. The predicted molar refractivity (Wildman–Crippen MR) is 67.9 cm³/mol. The Morgan fingerprint density at radius 1 is 1.19 bits per heavy atom. The first kappa shape index (κ1) is 11.1. The highest BCUT2D eigenvalue weighted by Crippen LogP contribution is 2.25. The van der Waals surface area contributed by atoms with Gasteiger partial charge in [-0.05, 0) is 53.5 Å². The highest BCUT2D eigenvalue weighted by atomic mass is 79.9. The first-order valence-corrected chi connectivity index (χ1v) is 5.81. The zero-order chi connectivity index (χ0) is 11.5. The minimum Gasteiger partial charge on any atom is -0.439 e. The van der Waals surface area contributed by atoms with E-state index in [0.717, 1.165) is 15.8 Å². The summed E-state index contributed by atoms with van der Waals surface area (Å²) in [6.07, 6.45) is 1.73. The largest absolute Gasteiger partial charge is 0.439 e. The fraction of sp³-hybridized carbons (Fsp3) is 0.154. The SMILES string of the molecule is Cc1cccc(Oc2ncc(Br)cc2C)c1. The zero-order valence-corrected chi connectivity index (χ0v) is 10.8. The van der Waals surface area contributed by atoms with Crippen LogP contribution in [-0.4, -0.2) is 4.98 Å². The van der Waals surface area contributed by atoms with Gasteiger partial charge in [-0.1, -0.05) is 12.1 Å². The molecule has 0 aliphatic rings. The summed E-state index contributed by atoms with van der Waals surface area (Å²) in [5, 5.41) is 0. The molecule has 1 aromatic heterocycles. The normalized spacial score (nSPS) is 10.2. The predicted octanol–water partition coefficient (Wildman–Crippen LogP) is 4.25. The molecule has 82 valence electrons. The maximum Gasteiger partial charge on any atom is 0.222 e. The second-order valence-electron chi connectivity index (χ2n) is 3.69. The van der Waals surface area contributed by atoms with E-state index in [4.69, 9.17) is 4.74 Å². The van der Waals surface area contributed by atoms with Crippen LogP contribution in [0.1, 0.15) is 11.1 Å². The molecule has 0 bridgehead atoms. The van der Waals surface area contributed by atoms with Gasteiger partial charge in [0.15, 0.2) is 0 Å². The molecule has 0 amide bonds. The lowest BCUT2D eigenvalue weighted by molar-refractivity contribution is 0.458. The fourth-order valence-corrected chi connectivity index (χ4v) is 1.87. The second-order valence-corrected chi connectivity index (χ2v) is 4.61. The van der Waals surface area contributed by atoms with Gasteiger partial charge >= 0.3 is 0 Å². The number of nitrogens with zero attached hydrogens (tertiary/aromatic N) is 1. The number of aryl methyl sites for hydroxylation is 2. The van der Waals surface area contributed by atoms with Crippen LogP contribution in [0.5, 0.6) is 11.6 Å². The number of hydrogen-bond donors (Lipinski definition) is 0. The van der Waals surface area contributed by atoms with Crippen LogP contribution in [0.25, 0.3) is 0 Å². The zero-order valence-electron chi connectivity index (χ0n) is 9.20. The molecular weight excluding hydrogens is 266 g/mol. The van der Waals surface area contributed by atoms with E-state index >= 15 is 0 Å². The number of rotatable bonds is 2. The van der Waals surface area contributed by atoms with Crippen molar-refractivity contribution in [1.29, 1.82) is 0 Å². The Morgan fingerprint density at radius 2 is 2.00 bits per heavy atom. The molecule has 2 nitrogen and oxygen atoms in total. The third-order valence-corrected chi connectivity index (χ3v) is 2.63. The molecule has 0 fully saturated rings. The lowest BCUT2D eigenvalue weighted by Gasteiger charge is -2.07. The van der Waals surface area contributed by atoms with Crippen molar-refractivity contribution < 1.29 is 4.74 Å².